The first-order chi connectivity index (χ1) is 9.34. The zero-order chi connectivity index (χ0) is 14.9. The summed E-state index contributed by atoms with van der Waals surface area (Å²) in [5.41, 5.74) is 0. The van der Waals surface area contributed by atoms with Crippen LogP contribution in [0.1, 0.15) is 25.5 Å². The van der Waals surface area contributed by atoms with Gasteiger partial charge in [0.15, 0.2) is 0 Å². The molecule has 1 unspecified atom stereocenters. The lowest BCUT2D eigenvalue weighted by Gasteiger charge is -2.37. The van der Waals surface area contributed by atoms with Gasteiger partial charge in [0, 0.05) is 25.7 Å². The summed E-state index contributed by atoms with van der Waals surface area (Å²) in [6.45, 7) is 6.30. The van der Waals surface area contributed by atoms with Crippen molar-refractivity contribution in [3.05, 3.63) is 11.6 Å². The molecule has 2 rings (SSSR count). The minimum absolute atomic E-state index is 0.278. The van der Waals surface area contributed by atoms with E-state index in [2.05, 4.69) is 34.3 Å². The van der Waals surface area contributed by atoms with Gasteiger partial charge in [0.1, 0.15) is 5.82 Å². The Balaban J connectivity index is 2.17. The molecular weight excluding hydrogens is 271 g/mol. The van der Waals surface area contributed by atoms with Gasteiger partial charge in [-0.1, -0.05) is 13.8 Å². The second kappa shape index (κ2) is 5.69. The van der Waals surface area contributed by atoms with Crippen LogP contribution in [-0.4, -0.2) is 45.8 Å². The molecule has 0 aromatic carbocycles. The first kappa shape index (κ1) is 15.2. The molecule has 114 valence electrons. The van der Waals surface area contributed by atoms with Crippen molar-refractivity contribution >= 4 is 0 Å². The highest BCUT2D eigenvalue weighted by Gasteiger charge is 2.40. The van der Waals surface area contributed by atoms with Crippen LogP contribution in [0.15, 0.2) is 0 Å². The van der Waals surface area contributed by atoms with Crippen LogP contribution in [0, 0.1) is 5.92 Å². The zero-order valence-corrected chi connectivity index (χ0v) is 11.9. The molecule has 1 aromatic heterocycles. The Hall–Kier alpha value is -1.15. The molecule has 1 atom stereocenters. The van der Waals surface area contributed by atoms with Gasteiger partial charge in [0.05, 0.1) is 6.54 Å². The SMILES string of the molecule is CNCC(C(C)C)N1CCn2c(nnc2C(F)(F)F)C1. The number of hydrogen-bond donors (Lipinski definition) is 1. The summed E-state index contributed by atoms with van der Waals surface area (Å²) >= 11 is 0. The lowest BCUT2D eigenvalue weighted by molar-refractivity contribution is -0.148. The Morgan fingerprint density at radius 3 is 2.50 bits per heavy atom. The van der Waals surface area contributed by atoms with Gasteiger partial charge in [-0.3, -0.25) is 4.90 Å². The molecule has 2 heterocycles. The maximum Gasteiger partial charge on any atom is 0.451 e. The topological polar surface area (TPSA) is 46.0 Å². The van der Waals surface area contributed by atoms with Gasteiger partial charge < -0.3 is 9.88 Å². The number of nitrogens with one attached hydrogen (secondary N) is 1. The van der Waals surface area contributed by atoms with Crippen LogP contribution in [0.5, 0.6) is 0 Å². The molecular formula is C12H20F3N5. The zero-order valence-electron chi connectivity index (χ0n) is 11.9. The smallest absolute Gasteiger partial charge is 0.318 e. The predicted octanol–water partition coefficient (Wildman–Crippen LogP) is 1.36. The molecule has 0 saturated heterocycles. The average Bonchev–Trinajstić information content (AvgIpc) is 2.77. The van der Waals surface area contributed by atoms with Crippen molar-refractivity contribution in [3.8, 4) is 0 Å². The summed E-state index contributed by atoms with van der Waals surface area (Å²) in [5, 5.41) is 10.1. The monoisotopic (exact) mass is 291 g/mol. The minimum Gasteiger partial charge on any atom is -0.318 e. The molecule has 0 fully saturated rings. The molecule has 1 aliphatic heterocycles. The van der Waals surface area contributed by atoms with Gasteiger partial charge in [-0.15, -0.1) is 10.2 Å². The Morgan fingerprint density at radius 2 is 1.95 bits per heavy atom. The molecule has 1 aromatic rings. The first-order valence-electron chi connectivity index (χ1n) is 6.72. The van der Waals surface area contributed by atoms with E-state index in [9.17, 15) is 13.2 Å². The van der Waals surface area contributed by atoms with Crippen LogP contribution in [0.2, 0.25) is 0 Å². The molecule has 1 N–H and O–H groups in total. The van der Waals surface area contributed by atoms with E-state index in [0.29, 0.717) is 24.8 Å². The molecule has 0 aliphatic carbocycles. The molecule has 0 saturated carbocycles. The van der Waals surface area contributed by atoms with Crippen LogP contribution in [0.3, 0.4) is 0 Å². The fourth-order valence-corrected chi connectivity index (χ4v) is 2.66. The van der Waals surface area contributed by atoms with Crippen LogP contribution in [0.25, 0.3) is 0 Å². The van der Waals surface area contributed by atoms with Gasteiger partial charge >= 0.3 is 6.18 Å². The summed E-state index contributed by atoms with van der Waals surface area (Å²) in [7, 11) is 1.88. The summed E-state index contributed by atoms with van der Waals surface area (Å²) < 4.78 is 39.5. The molecule has 8 heteroatoms. The van der Waals surface area contributed by atoms with Crippen molar-refractivity contribution in [1.82, 2.24) is 25.0 Å². The number of aromatic nitrogens is 3. The Bertz CT molecular complexity index is 454. The number of hydrogen-bond acceptors (Lipinski definition) is 4. The number of likely N-dealkylation sites (N-methyl/N-ethyl adjacent to an activating group) is 1. The number of nitrogens with zero attached hydrogens (tertiary/aromatic N) is 4. The van der Waals surface area contributed by atoms with Crippen molar-refractivity contribution in [2.45, 2.75) is 39.2 Å². The molecule has 5 nitrogen and oxygen atoms in total. The van der Waals surface area contributed by atoms with Gasteiger partial charge in [0.2, 0.25) is 5.82 Å². The van der Waals surface area contributed by atoms with Crippen LogP contribution in [0.4, 0.5) is 13.2 Å². The molecule has 0 amide bonds. The highest BCUT2D eigenvalue weighted by molar-refractivity contribution is 5.03. The van der Waals surface area contributed by atoms with Crippen molar-refractivity contribution in [2.75, 3.05) is 20.1 Å². The summed E-state index contributed by atoms with van der Waals surface area (Å²) in [5.74, 6) is -0.0776. The third-order valence-electron chi connectivity index (χ3n) is 3.69. The lowest BCUT2D eigenvalue weighted by Crippen LogP contribution is -2.48. The lowest BCUT2D eigenvalue weighted by atomic mass is 10.0. The molecule has 0 bridgehead atoms. The van der Waals surface area contributed by atoms with E-state index in [4.69, 9.17) is 0 Å². The highest BCUT2D eigenvalue weighted by Crippen LogP contribution is 2.30. The van der Waals surface area contributed by atoms with Crippen LogP contribution in [-0.2, 0) is 19.3 Å². The number of alkyl halides is 3. The summed E-state index contributed by atoms with van der Waals surface area (Å²) in [6.07, 6.45) is -4.43. The Labute approximate surface area is 116 Å². The van der Waals surface area contributed by atoms with E-state index < -0.39 is 12.0 Å². The van der Waals surface area contributed by atoms with Crippen molar-refractivity contribution in [1.29, 1.82) is 0 Å². The normalized spacial score (nSPS) is 18.4. The van der Waals surface area contributed by atoms with E-state index in [1.54, 1.807) is 0 Å². The Morgan fingerprint density at radius 1 is 1.25 bits per heavy atom. The van der Waals surface area contributed by atoms with Crippen molar-refractivity contribution in [3.63, 3.8) is 0 Å². The average molecular weight is 291 g/mol. The second-order valence-corrected chi connectivity index (χ2v) is 5.43. The fraction of sp³-hybridized carbons (Fsp3) is 0.833. The molecule has 20 heavy (non-hydrogen) atoms. The molecule has 1 aliphatic rings. The standard InChI is InChI=1S/C12H20F3N5/c1-8(2)9(6-16-3)19-4-5-20-10(7-19)17-18-11(20)12(13,14)15/h8-9,16H,4-7H2,1-3H3. The van der Waals surface area contributed by atoms with E-state index in [0.717, 1.165) is 6.54 Å². The fourth-order valence-electron chi connectivity index (χ4n) is 2.66. The number of halogens is 3. The third kappa shape index (κ3) is 2.95. The highest BCUT2D eigenvalue weighted by atomic mass is 19.4. The van der Waals surface area contributed by atoms with Crippen LogP contribution >= 0.6 is 0 Å². The van der Waals surface area contributed by atoms with Gasteiger partial charge in [-0.05, 0) is 13.0 Å². The van der Waals surface area contributed by atoms with Crippen LogP contribution < -0.4 is 5.32 Å². The van der Waals surface area contributed by atoms with Crippen molar-refractivity contribution < 1.29 is 13.2 Å². The van der Waals surface area contributed by atoms with E-state index in [1.807, 2.05) is 7.05 Å². The summed E-state index contributed by atoms with van der Waals surface area (Å²) in [4.78, 5) is 2.17. The summed E-state index contributed by atoms with van der Waals surface area (Å²) in [6, 6.07) is 0.278. The molecule has 0 radical (unpaired) electrons. The van der Waals surface area contributed by atoms with Gasteiger partial charge in [-0.2, -0.15) is 13.2 Å². The third-order valence-corrected chi connectivity index (χ3v) is 3.69. The largest absolute Gasteiger partial charge is 0.451 e. The maximum atomic E-state index is 12.8. The Kier molecular flexibility index (Phi) is 4.33. The first-order valence-corrected chi connectivity index (χ1v) is 6.72. The van der Waals surface area contributed by atoms with Gasteiger partial charge in [0.25, 0.3) is 0 Å². The molecule has 0 spiro atoms. The van der Waals surface area contributed by atoms with E-state index in [1.165, 1.54) is 4.57 Å². The second-order valence-electron chi connectivity index (χ2n) is 5.43. The number of fused-ring (bicyclic) bond motifs is 1. The number of rotatable bonds is 4. The quantitative estimate of drug-likeness (QED) is 0.910. The van der Waals surface area contributed by atoms with E-state index in [-0.39, 0.29) is 12.6 Å². The predicted molar refractivity (Wildman–Crippen MR) is 68.0 cm³/mol. The van der Waals surface area contributed by atoms with Gasteiger partial charge in [-0.25, -0.2) is 0 Å². The maximum absolute atomic E-state index is 12.8. The van der Waals surface area contributed by atoms with E-state index >= 15 is 0 Å². The van der Waals surface area contributed by atoms with Crippen molar-refractivity contribution in [2.24, 2.45) is 5.92 Å². The minimum atomic E-state index is -4.43.